The summed E-state index contributed by atoms with van der Waals surface area (Å²) < 4.78 is 0. The molecule has 3 aliphatic rings. The van der Waals surface area contributed by atoms with Gasteiger partial charge in [-0.3, -0.25) is 0 Å². The highest BCUT2D eigenvalue weighted by atomic mass is 35.5. The minimum atomic E-state index is -0.124. The predicted molar refractivity (Wildman–Crippen MR) is 80.0 cm³/mol. The molecular weight excluding hydrogens is 272 g/mol. The summed E-state index contributed by atoms with van der Waals surface area (Å²) in [5, 5.41) is 3.77. The van der Waals surface area contributed by atoms with E-state index in [0.29, 0.717) is 11.8 Å². The topological polar surface area (TPSA) is 32.3 Å². The predicted octanol–water partition coefficient (Wildman–Crippen LogP) is 4.22. The number of hydrogen-bond donors (Lipinski definition) is 1. The first-order valence-electron chi connectivity index (χ1n) is 7.49. The monoisotopic (exact) mass is 290 g/mol. The number of carbonyl (C=O) groups excluding carboxylic acids is 1. The van der Waals surface area contributed by atoms with E-state index in [1.807, 2.05) is 24.1 Å². The molecule has 2 aliphatic carbocycles. The summed E-state index contributed by atoms with van der Waals surface area (Å²) in [5.74, 6) is 1.18. The summed E-state index contributed by atoms with van der Waals surface area (Å²) in [6, 6.07) is 5.92. The molecule has 1 aromatic rings. The van der Waals surface area contributed by atoms with Gasteiger partial charge in [0.15, 0.2) is 0 Å². The van der Waals surface area contributed by atoms with Crippen LogP contribution in [0.1, 0.15) is 37.7 Å². The number of halogens is 1. The normalized spacial score (nSPS) is 29.7. The molecule has 0 aromatic heterocycles. The molecule has 2 saturated carbocycles. The van der Waals surface area contributed by atoms with Crippen LogP contribution < -0.4 is 5.32 Å². The number of fused-ring (bicyclic) bond motifs is 1. The number of anilines is 1. The smallest absolute Gasteiger partial charge is 0.317 e. The van der Waals surface area contributed by atoms with Crippen LogP contribution in [-0.2, 0) is 5.54 Å². The van der Waals surface area contributed by atoms with Gasteiger partial charge in [-0.25, -0.2) is 4.79 Å². The molecule has 2 fully saturated rings. The molecule has 0 spiro atoms. The highest BCUT2D eigenvalue weighted by molar-refractivity contribution is 6.30. The fourth-order valence-electron chi connectivity index (χ4n) is 4.20. The quantitative estimate of drug-likeness (QED) is 0.869. The van der Waals surface area contributed by atoms with Gasteiger partial charge in [0, 0.05) is 23.3 Å². The Bertz CT molecular complexity index is 580. The van der Waals surface area contributed by atoms with Gasteiger partial charge in [-0.05, 0) is 55.7 Å². The molecule has 1 heterocycles. The van der Waals surface area contributed by atoms with Crippen LogP contribution in [0.4, 0.5) is 10.5 Å². The van der Waals surface area contributed by atoms with Gasteiger partial charge in [0.2, 0.25) is 0 Å². The first kappa shape index (κ1) is 12.5. The third-order valence-corrected chi connectivity index (χ3v) is 5.68. The van der Waals surface area contributed by atoms with E-state index >= 15 is 0 Å². The van der Waals surface area contributed by atoms with Crippen molar-refractivity contribution in [1.82, 2.24) is 4.90 Å². The first-order valence-corrected chi connectivity index (χ1v) is 7.86. The lowest BCUT2D eigenvalue weighted by Gasteiger charge is -2.54. The summed E-state index contributed by atoms with van der Waals surface area (Å²) in [6.45, 7) is 0. The number of nitrogens with zero attached hydrogens (tertiary/aromatic N) is 1. The summed E-state index contributed by atoms with van der Waals surface area (Å²) in [6.07, 6.45) is 6.17. The summed E-state index contributed by atoms with van der Waals surface area (Å²) in [7, 11) is 1.95. The number of amides is 2. The van der Waals surface area contributed by atoms with E-state index < -0.39 is 0 Å². The number of hydrogen-bond acceptors (Lipinski definition) is 1. The zero-order valence-electron chi connectivity index (χ0n) is 11.7. The Kier molecular flexibility index (Phi) is 2.59. The Labute approximate surface area is 124 Å². The zero-order valence-corrected chi connectivity index (χ0v) is 12.4. The van der Waals surface area contributed by atoms with Crippen LogP contribution in [0.25, 0.3) is 0 Å². The lowest BCUT2D eigenvalue weighted by molar-refractivity contribution is 0.0171. The maximum atomic E-state index is 12.4. The van der Waals surface area contributed by atoms with Crippen LogP contribution >= 0.6 is 11.6 Å². The molecule has 4 heteroatoms. The molecule has 2 amide bonds. The van der Waals surface area contributed by atoms with Crippen LogP contribution in [0, 0.1) is 11.8 Å². The van der Waals surface area contributed by atoms with Crippen molar-refractivity contribution in [2.45, 2.75) is 37.6 Å². The van der Waals surface area contributed by atoms with E-state index in [0.717, 1.165) is 10.7 Å². The van der Waals surface area contributed by atoms with Crippen molar-refractivity contribution in [2.24, 2.45) is 11.8 Å². The Morgan fingerprint density at radius 2 is 1.95 bits per heavy atom. The number of urea groups is 1. The highest BCUT2D eigenvalue weighted by Crippen LogP contribution is 2.60. The molecule has 1 unspecified atom stereocenters. The second-order valence-electron chi connectivity index (χ2n) is 6.41. The Morgan fingerprint density at radius 3 is 2.55 bits per heavy atom. The van der Waals surface area contributed by atoms with E-state index in [1.54, 1.807) is 0 Å². The minimum absolute atomic E-state index is 0.0265. The van der Waals surface area contributed by atoms with E-state index in [9.17, 15) is 4.79 Å². The van der Waals surface area contributed by atoms with Crippen molar-refractivity contribution in [3.63, 3.8) is 0 Å². The van der Waals surface area contributed by atoms with Gasteiger partial charge in [-0.2, -0.15) is 0 Å². The third-order valence-electron chi connectivity index (χ3n) is 5.44. The average molecular weight is 291 g/mol. The minimum Gasteiger partial charge on any atom is -0.317 e. The van der Waals surface area contributed by atoms with Crippen molar-refractivity contribution in [3.05, 3.63) is 28.8 Å². The molecule has 1 atom stereocenters. The van der Waals surface area contributed by atoms with Crippen molar-refractivity contribution < 1.29 is 4.79 Å². The molecule has 20 heavy (non-hydrogen) atoms. The SMILES string of the molecule is CN1C(=O)Nc2ccc(Cl)cc2C1(C1CCC1)C1CC1. The van der Waals surface area contributed by atoms with Gasteiger partial charge in [0.1, 0.15) is 0 Å². The van der Waals surface area contributed by atoms with Crippen LogP contribution in [0.3, 0.4) is 0 Å². The molecule has 3 nitrogen and oxygen atoms in total. The van der Waals surface area contributed by atoms with Gasteiger partial charge in [-0.15, -0.1) is 0 Å². The largest absolute Gasteiger partial charge is 0.322 e. The second kappa shape index (κ2) is 4.14. The van der Waals surface area contributed by atoms with Gasteiger partial charge < -0.3 is 10.2 Å². The number of rotatable bonds is 2. The third kappa shape index (κ3) is 1.50. The lowest BCUT2D eigenvalue weighted by Crippen LogP contribution is -2.59. The van der Waals surface area contributed by atoms with E-state index in [4.69, 9.17) is 11.6 Å². The van der Waals surface area contributed by atoms with Crippen molar-refractivity contribution in [3.8, 4) is 0 Å². The van der Waals surface area contributed by atoms with Crippen molar-refractivity contribution >= 4 is 23.3 Å². The molecule has 0 bridgehead atoms. The van der Waals surface area contributed by atoms with Gasteiger partial charge >= 0.3 is 6.03 Å². The maximum Gasteiger partial charge on any atom is 0.322 e. The average Bonchev–Trinajstić information content (AvgIpc) is 3.18. The first-order chi connectivity index (χ1) is 9.64. The van der Waals surface area contributed by atoms with E-state index in [-0.39, 0.29) is 11.6 Å². The molecular formula is C16H19ClN2O. The molecule has 1 aliphatic heterocycles. The summed E-state index contributed by atoms with van der Waals surface area (Å²) in [4.78, 5) is 14.4. The Morgan fingerprint density at radius 1 is 1.25 bits per heavy atom. The molecule has 1 N–H and O–H groups in total. The standard InChI is InChI=1S/C16H19ClN2O/c1-19-15(20)18-14-8-7-12(17)9-13(14)16(19,11-5-6-11)10-3-2-4-10/h7-11H,2-6H2,1H3,(H,18,20). The van der Waals surface area contributed by atoms with Crippen LogP contribution in [0.2, 0.25) is 5.02 Å². The van der Waals surface area contributed by atoms with Crippen LogP contribution in [0.15, 0.2) is 18.2 Å². The molecule has 0 radical (unpaired) electrons. The van der Waals surface area contributed by atoms with Gasteiger partial charge in [-0.1, -0.05) is 18.0 Å². The lowest BCUT2D eigenvalue weighted by atomic mass is 9.63. The highest BCUT2D eigenvalue weighted by Gasteiger charge is 2.59. The van der Waals surface area contributed by atoms with E-state index in [1.165, 1.54) is 37.7 Å². The van der Waals surface area contributed by atoms with E-state index in [2.05, 4.69) is 11.4 Å². The Balaban J connectivity index is 1.94. The Hall–Kier alpha value is -1.22. The van der Waals surface area contributed by atoms with Crippen LogP contribution in [-0.4, -0.2) is 18.0 Å². The fraction of sp³-hybridized carbons (Fsp3) is 0.562. The maximum absolute atomic E-state index is 12.4. The molecule has 1 aromatic carbocycles. The summed E-state index contributed by atoms with van der Waals surface area (Å²) >= 11 is 6.25. The molecule has 0 saturated heterocycles. The number of carbonyl (C=O) groups is 1. The number of benzene rings is 1. The van der Waals surface area contributed by atoms with Gasteiger partial charge in [0.25, 0.3) is 0 Å². The summed E-state index contributed by atoms with van der Waals surface area (Å²) in [5.41, 5.74) is 2.07. The van der Waals surface area contributed by atoms with Crippen molar-refractivity contribution in [1.29, 1.82) is 0 Å². The molecule has 106 valence electrons. The second-order valence-corrected chi connectivity index (χ2v) is 6.84. The van der Waals surface area contributed by atoms with Crippen LogP contribution in [0.5, 0.6) is 0 Å². The fourth-order valence-corrected chi connectivity index (χ4v) is 4.37. The van der Waals surface area contributed by atoms with Gasteiger partial charge in [0.05, 0.1) is 5.54 Å². The zero-order chi connectivity index (χ0) is 13.9. The molecule has 4 rings (SSSR count). The van der Waals surface area contributed by atoms with Crippen molar-refractivity contribution in [2.75, 3.05) is 12.4 Å². The number of nitrogens with one attached hydrogen (secondary N) is 1.